The summed E-state index contributed by atoms with van der Waals surface area (Å²) >= 11 is 0.679. The first-order chi connectivity index (χ1) is 16.7. The van der Waals surface area contributed by atoms with Crippen LogP contribution in [0.1, 0.15) is 10.4 Å². The second-order valence-electron chi connectivity index (χ2n) is 7.13. The topological polar surface area (TPSA) is 197 Å². The standard InChI is InChI=1S/C19H15N9O5S2/c1-27(2)35(31,32)17-11(19(30)33-21)8-12(14-16(17)26-34-25-14)22-23-15-13(9-20)24-28(18(15)29)10-6-4-3-5-7-10/h3-8,15H,21H2,1-2H3. The normalized spacial score (nSPS) is 16.2. The van der Waals surface area contributed by atoms with Crippen LogP contribution in [0.3, 0.4) is 0 Å². The number of aromatic nitrogens is 2. The zero-order valence-electron chi connectivity index (χ0n) is 18.1. The van der Waals surface area contributed by atoms with Crippen molar-refractivity contribution in [1.29, 1.82) is 5.26 Å². The molecule has 2 heterocycles. The number of carbonyl (C=O) groups is 2. The SMILES string of the molecule is CN(C)S(=O)(=O)c1c(C(=O)ON)cc(N=NC2C(=O)N(c3ccccc3)N=C2C#N)c2nsnc12. The predicted octanol–water partition coefficient (Wildman–Crippen LogP) is 1.35. The van der Waals surface area contributed by atoms with Gasteiger partial charge in [-0.05, 0) is 18.2 Å². The molecule has 1 aromatic heterocycles. The van der Waals surface area contributed by atoms with Gasteiger partial charge in [-0.15, -0.1) is 0 Å². The lowest BCUT2D eigenvalue weighted by Crippen LogP contribution is -2.30. The van der Waals surface area contributed by atoms with Crippen LogP contribution in [0, 0.1) is 11.3 Å². The number of hydrogen-bond donors (Lipinski definition) is 1. The fraction of sp³-hybridized carbons (Fsp3) is 0.158. The molecule has 178 valence electrons. The molecule has 0 saturated heterocycles. The summed E-state index contributed by atoms with van der Waals surface area (Å²) in [5.41, 5.74) is -0.459. The summed E-state index contributed by atoms with van der Waals surface area (Å²) in [6, 6.07) is 9.95. The highest BCUT2D eigenvalue weighted by atomic mass is 32.2. The van der Waals surface area contributed by atoms with Gasteiger partial charge >= 0.3 is 5.97 Å². The van der Waals surface area contributed by atoms with Gasteiger partial charge in [0, 0.05) is 14.1 Å². The molecule has 0 radical (unpaired) electrons. The molecular weight excluding hydrogens is 498 g/mol. The maximum Gasteiger partial charge on any atom is 0.358 e. The maximum absolute atomic E-state index is 12.9. The van der Waals surface area contributed by atoms with Crippen LogP contribution in [0.5, 0.6) is 0 Å². The summed E-state index contributed by atoms with van der Waals surface area (Å²) in [5, 5.41) is 22.5. The Morgan fingerprint density at radius 3 is 2.57 bits per heavy atom. The van der Waals surface area contributed by atoms with E-state index in [1.54, 1.807) is 30.3 Å². The third kappa shape index (κ3) is 4.13. The Kier molecular flexibility index (Phi) is 6.32. The number of para-hydroxylation sites is 1. The number of anilines is 1. The summed E-state index contributed by atoms with van der Waals surface area (Å²) in [7, 11) is -1.63. The summed E-state index contributed by atoms with van der Waals surface area (Å²) in [5.74, 6) is 3.22. The van der Waals surface area contributed by atoms with Gasteiger partial charge in [-0.25, -0.2) is 17.5 Å². The molecule has 1 atom stereocenters. The van der Waals surface area contributed by atoms with Crippen molar-refractivity contribution in [2.75, 3.05) is 19.1 Å². The van der Waals surface area contributed by atoms with E-state index in [1.165, 1.54) is 14.1 Å². The monoisotopic (exact) mass is 513 g/mol. The van der Waals surface area contributed by atoms with Gasteiger partial charge < -0.3 is 4.84 Å². The minimum atomic E-state index is -4.18. The first-order valence-corrected chi connectivity index (χ1v) is 11.8. The number of sulfonamides is 1. The van der Waals surface area contributed by atoms with E-state index in [9.17, 15) is 23.3 Å². The number of amides is 1. The Balaban J connectivity index is 1.82. The number of benzene rings is 2. The second-order valence-corrected chi connectivity index (χ2v) is 9.74. The van der Waals surface area contributed by atoms with Crippen molar-refractivity contribution >= 4 is 61.7 Å². The van der Waals surface area contributed by atoms with Crippen molar-refractivity contribution in [2.24, 2.45) is 21.2 Å². The maximum atomic E-state index is 12.9. The third-order valence-electron chi connectivity index (χ3n) is 4.84. The molecule has 0 bridgehead atoms. The highest BCUT2D eigenvalue weighted by molar-refractivity contribution is 7.89. The number of rotatable bonds is 6. The Morgan fingerprint density at radius 2 is 1.94 bits per heavy atom. The van der Waals surface area contributed by atoms with Crippen molar-refractivity contribution in [3.63, 3.8) is 0 Å². The van der Waals surface area contributed by atoms with E-state index < -0.39 is 38.4 Å². The van der Waals surface area contributed by atoms with Crippen LogP contribution in [-0.2, 0) is 19.7 Å². The van der Waals surface area contributed by atoms with Crippen LogP contribution in [0.25, 0.3) is 11.0 Å². The molecule has 1 aliphatic rings. The number of fused-ring (bicyclic) bond motifs is 1. The average molecular weight is 514 g/mol. The Morgan fingerprint density at radius 1 is 1.26 bits per heavy atom. The number of nitriles is 1. The van der Waals surface area contributed by atoms with E-state index in [-0.39, 0.29) is 22.4 Å². The molecule has 2 N–H and O–H groups in total. The molecule has 0 spiro atoms. The van der Waals surface area contributed by atoms with Gasteiger partial charge in [0.25, 0.3) is 5.91 Å². The van der Waals surface area contributed by atoms with Crippen molar-refractivity contribution in [3.05, 3.63) is 42.0 Å². The van der Waals surface area contributed by atoms with Crippen molar-refractivity contribution < 1.29 is 22.8 Å². The molecule has 14 nitrogen and oxygen atoms in total. The van der Waals surface area contributed by atoms with Crippen molar-refractivity contribution in [3.8, 4) is 6.07 Å². The van der Waals surface area contributed by atoms with Crippen LogP contribution >= 0.6 is 11.7 Å². The molecule has 2 aromatic carbocycles. The van der Waals surface area contributed by atoms with Gasteiger partial charge in [0.1, 0.15) is 27.7 Å². The van der Waals surface area contributed by atoms with Gasteiger partial charge in [0.15, 0.2) is 5.71 Å². The average Bonchev–Trinajstić information content (AvgIpc) is 3.46. The van der Waals surface area contributed by atoms with Crippen LogP contribution in [-0.4, -0.2) is 59.2 Å². The third-order valence-corrected chi connectivity index (χ3v) is 7.26. The Hall–Kier alpha value is -4.17. The van der Waals surface area contributed by atoms with Crippen LogP contribution in [0.15, 0.2) is 56.6 Å². The molecule has 16 heteroatoms. The predicted molar refractivity (Wildman–Crippen MR) is 123 cm³/mol. The minimum Gasteiger partial charge on any atom is -0.370 e. The number of hydrazone groups is 1. The zero-order valence-corrected chi connectivity index (χ0v) is 19.7. The van der Waals surface area contributed by atoms with E-state index >= 15 is 0 Å². The Bertz CT molecular complexity index is 1540. The molecule has 4 rings (SSSR count). The minimum absolute atomic E-state index is 0.00792. The molecule has 0 saturated carbocycles. The molecule has 1 amide bonds. The molecule has 3 aromatic rings. The van der Waals surface area contributed by atoms with Crippen LogP contribution < -0.4 is 10.9 Å². The summed E-state index contributed by atoms with van der Waals surface area (Å²) in [6.45, 7) is 0. The van der Waals surface area contributed by atoms with E-state index in [2.05, 4.69) is 28.9 Å². The van der Waals surface area contributed by atoms with E-state index in [0.717, 1.165) is 15.4 Å². The van der Waals surface area contributed by atoms with Crippen molar-refractivity contribution in [1.82, 2.24) is 13.1 Å². The van der Waals surface area contributed by atoms with E-state index in [4.69, 9.17) is 5.90 Å². The highest BCUT2D eigenvalue weighted by Crippen LogP contribution is 2.35. The van der Waals surface area contributed by atoms with Crippen LogP contribution in [0.2, 0.25) is 0 Å². The molecule has 0 fully saturated rings. The van der Waals surface area contributed by atoms with Gasteiger partial charge in [-0.2, -0.15) is 40.2 Å². The molecular formula is C19H15N9O5S2. The Labute approximate surface area is 202 Å². The fourth-order valence-corrected chi connectivity index (χ4v) is 4.94. The van der Waals surface area contributed by atoms with Gasteiger partial charge in [0.2, 0.25) is 16.1 Å². The van der Waals surface area contributed by atoms with Crippen molar-refractivity contribution in [2.45, 2.75) is 10.9 Å². The second kappa shape index (κ2) is 9.23. The smallest absolute Gasteiger partial charge is 0.358 e. The fourth-order valence-electron chi connectivity index (χ4n) is 3.14. The van der Waals surface area contributed by atoms with Gasteiger partial charge in [-0.1, -0.05) is 18.2 Å². The molecule has 1 aliphatic heterocycles. The number of hydrogen-bond acceptors (Lipinski definition) is 13. The summed E-state index contributed by atoms with van der Waals surface area (Å²) < 4.78 is 34.8. The van der Waals surface area contributed by atoms with Gasteiger partial charge in [-0.3, -0.25) is 4.79 Å². The van der Waals surface area contributed by atoms with Crippen LogP contribution in [0.4, 0.5) is 11.4 Å². The first kappa shape index (κ1) is 24.0. The summed E-state index contributed by atoms with van der Waals surface area (Å²) in [4.78, 5) is 29.1. The number of nitrogens with two attached hydrogens (primary N) is 1. The quantitative estimate of drug-likeness (QED) is 0.373. The largest absolute Gasteiger partial charge is 0.370 e. The molecule has 1 unspecified atom stereocenters. The first-order valence-electron chi connectivity index (χ1n) is 9.62. The molecule has 0 aliphatic carbocycles. The van der Waals surface area contributed by atoms with E-state index in [0.29, 0.717) is 17.4 Å². The van der Waals surface area contributed by atoms with E-state index in [1.807, 2.05) is 6.07 Å². The number of carbonyl (C=O) groups excluding carboxylic acids is 2. The highest BCUT2D eigenvalue weighted by Gasteiger charge is 2.38. The van der Waals surface area contributed by atoms with Gasteiger partial charge in [0.05, 0.1) is 23.0 Å². The number of azo groups is 1. The lowest BCUT2D eigenvalue weighted by Gasteiger charge is -2.15. The summed E-state index contributed by atoms with van der Waals surface area (Å²) in [6.07, 6.45) is 0. The zero-order chi connectivity index (χ0) is 25.3. The number of nitrogens with zero attached hydrogens (tertiary/aromatic N) is 8. The molecule has 35 heavy (non-hydrogen) atoms. The lowest BCUT2D eigenvalue weighted by atomic mass is 10.1. The lowest BCUT2D eigenvalue weighted by molar-refractivity contribution is -0.117.